The highest BCUT2D eigenvalue weighted by Gasteiger charge is 2.04. The molecule has 0 aromatic heterocycles. The predicted molar refractivity (Wildman–Crippen MR) is 43.7 cm³/mol. The molecule has 0 heterocycles. The summed E-state index contributed by atoms with van der Waals surface area (Å²) in [5.74, 6) is -0.765. The molecule has 0 rings (SSSR count). The van der Waals surface area contributed by atoms with Gasteiger partial charge in [-0.25, -0.2) is 9.78 Å². The molecule has 0 bridgehead atoms. The smallest absolute Gasteiger partial charge is 0.303 e. The van der Waals surface area contributed by atoms with Crippen molar-refractivity contribution in [1.29, 1.82) is 0 Å². The third-order valence-electron chi connectivity index (χ3n) is 1.35. The zero-order chi connectivity index (χ0) is 9.40. The Kier molecular flexibility index (Phi) is 6.70. The fraction of sp³-hybridized carbons (Fsp3) is 0.875. The van der Waals surface area contributed by atoms with Gasteiger partial charge in [0.25, 0.3) is 0 Å². The normalized spacial score (nSPS) is 12.8. The van der Waals surface area contributed by atoms with Gasteiger partial charge in [0.1, 0.15) is 0 Å². The van der Waals surface area contributed by atoms with Crippen LogP contribution in [0.5, 0.6) is 0 Å². The summed E-state index contributed by atoms with van der Waals surface area (Å²) in [6.07, 6.45) is 1.51. The standard InChI is InChI=1S/C8H16O4/c1-3-11-12-7(2)5-4-6-8(9)10/h7H,3-6H2,1-2H3,(H,9,10). The van der Waals surface area contributed by atoms with Crippen LogP contribution < -0.4 is 0 Å². The Bertz CT molecular complexity index is 124. The van der Waals surface area contributed by atoms with E-state index in [-0.39, 0.29) is 12.5 Å². The van der Waals surface area contributed by atoms with Crippen molar-refractivity contribution < 1.29 is 19.7 Å². The fourth-order valence-electron chi connectivity index (χ4n) is 0.773. The van der Waals surface area contributed by atoms with E-state index in [1.54, 1.807) is 0 Å². The van der Waals surface area contributed by atoms with E-state index in [0.717, 1.165) is 0 Å². The average Bonchev–Trinajstić information content (AvgIpc) is 2.00. The monoisotopic (exact) mass is 176 g/mol. The highest BCUT2D eigenvalue weighted by Crippen LogP contribution is 2.04. The largest absolute Gasteiger partial charge is 0.481 e. The molecule has 1 unspecified atom stereocenters. The first kappa shape index (κ1) is 11.4. The number of aliphatic carboxylic acids is 1. The number of carboxylic acid groups (broad SMARTS) is 1. The van der Waals surface area contributed by atoms with E-state index < -0.39 is 5.97 Å². The minimum atomic E-state index is -0.765. The Balaban J connectivity index is 3.19. The summed E-state index contributed by atoms with van der Waals surface area (Å²) in [5.41, 5.74) is 0. The maximum Gasteiger partial charge on any atom is 0.303 e. The van der Waals surface area contributed by atoms with Crippen molar-refractivity contribution >= 4 is 5.97 Å². The van der Waals surface area contributed by atoms with Crippen LogP contribution in [0.25, 0.3) is 0 Å². The first-order valence-corrected chi connectivity index (χ1v) is 4.17. The second-order valence-electron chi connectivity index (χ2n) is 2.60. The molecule has 12 heavy (non-hydrogen) atoms. The van der Waals surface area contributed by atoms with Gasteiger partial charge in [0.05, 0.1) is 12.7 Å². The molecular weight excluding hydrogens is 160 g/mol. The van der Waals surface area contributed by atoms with Crippen molar-refractivity contribution in [2.75, 3.05) is 6.61 Å². The average molecular weight is 176 g/mol. The van der Waals surface area contributed by atoms with Crippen LogP contribution in [0.15, 0.2) is 0 Å². The van der Waals surface area contributed by atoms with Crippen LogP contribution in [-0.2, 0) is 14.6 Å². The van der Waals surface area contributed by atoms with Gasteiger partial charge in [-0.2, -0.15) is 0 Å². The molecule has 0 spiro atoms. The summed E-state index contributed by atoms with van der Waals surface area (Å²) >= 11 is 0. The van der Waals surface area contributed by atoms with Gasteiger partial charge in [0.15, 0.2) is 0 Å². The van der Waals surface area contributed by atoms with Gasteiger partial charge < -0.3 is 5.11 Å². The lowest BCUT2D eigenvalue weighted by Crippen LogP contribution is -2.09. The van der Waals surface area contributed by atoms with Crippen LogP contribution in [0, 0.1) is 0 Å². The molecule has 1 N–H and O–H groups in total. The van der Waals surface area contributed by atoms with E-state index >= 15 is 0 Å². The van der Waals surface area contributed by atoms with Crippen molar-refractivity contribution in [3.63, 3.8) is 0 Å². The van der Waals surface area contributed by atoms with Crippen molar-refractivity contribution in [3.8, 4) is 0 Å². The zero-order valence-corrected chi connectivity index (χ0v) is 7.58. The Hall–Kier alpha value is -0.610. The van der Waals surface area contributed by atoms with Crippen LogP contribution in [0.4, 0.5) is 0 Å². The zero-order valence-electron chi connectivity index (χ0n) is 7.58. The summed E-state index contributed by atoms with van der Waals surface area (Å²) in [6, 6.07) is 0. The van der Waals surface area contributed by atoms with Crippen LogP contribution in [0.3, 0.4) is 0 Å². The minimum absolute atomic E-state index is 0.0238. The Morgan fingerprint density at radius 3 is 2.75 bits per heavy atom. The van der Waals surface area contributed by atoms with E-state index in [2.05, 4.69) is 0 Å². The van der Waals surface area contributed by atoms with Crippen LogP contribution in [-0.4, -0.2) is 23.8 Å². The lowest BCUT2D eigenvalue weighted by atomic mass is 10.2. The second kappa shape index (κ2) is 7.06. The number of rotatable bonds is 7. The van der Waals surface area contributed by atoms with Crippen molar-refractivity contribution in [2.24, 2.45) is 0 Å². The molecule has 0 saturated carbocycles. The molecule has 72 valence electrons. The molecule has 4 heteroatoms. The molecule has 0 aliphatic rings. The van der Waals surface area contributed by atoms with Gasteiger partial charge in [-0.15, -0.1) is 0 Å². The molecule has 0 aliphatic carbocycles. The predicted octanol–water partition coefficient (Wildman–Crippen LogP) is 1.60. The quantitative estimate of drug-likeness (QED) is 0.473. The molecule has 4 nitrogen and oxygen atoms in total. The molecule has 0 fully saturated rings. The Morgan fingerprint density at radius 1 is 1.58 bits per heavy atom. The maximum absolute atomic E-state index is 10.1. The maximum atomic E-state index is 10.1. The summed E-state index contributed by atoms with van der Waals surface area (Å²) in [4.78, 5) is 19.7. The van der Waals surface area contributed by atoms with Gasteiger partial charge in [-0.1, -0.05) is 0 Å². The highest BCUT2D eigenvalue weighted by atomic mass is 17.2. The lowest BCUT2D eigenvalue weighted by Gasteiger charge is -2.09. The Morgan fingerprint density at radius 2 is 2.25 bits per heavy atom. The van der Waals surface area contributed by atoms with Gasteiger partial charge in [-0.3, -0.25) is 4.79 Å². The van der Waals surface area contributed by atoms with Gasteiger partial charge in [0, 0.05) is 6.42 Å². The fourth-order valence-corrected chi connectivity index (χ4v) is 0.773. The topological polar surface area (TPSA) is 55.8 Å². The molecule has 0 aromatic rings. The van der Waals surface area contributed by atoms with Crippen LogP contribution in [0.1, 0.15) is 33.1 Å². The van der Waals surface area contributed by atoms with Crippen LogP contribution >= 0.6 is 0 Å². The van der Waals surface area contributed by atoms with Crippen molar-refractivity contribution in [2.45, 2.75) is 39.2 Å². The molecule has 0 aromatic carbocycles. The summed E-state index contributed by atoms with van der Waals surface area (Å²) < 4.78 is 0. The first-order chi connectivity index (χ1) is 5.66. The van der Waals surface area contributed by atoms with Crippen molar-refractivity contribution in [3.05, 3.63) is 0 Å². The number of carbonyl (C=O) groups is 1. The van der Waals surface area contributed by atoms with Gasteiger partial charge >= 0.3 is 5.97 Å². The summed E-state index contributed by atoms with van der Waals surface area (Å²) in [7, 11) is 0. The van der Waals surface area contributed by atoms with Crippen molar-refractivity contribution in [1.82, 2.24) is 0 Å². The minimum Gasteiger partial charge on any atom is -0.481 e. The summed E-state index contributed by atoms with van der Waals surface area (Å²) in [5, 5.41) is 8.33. The molecule has 0 amide bonds. The van der Waals surface area contributed by atoms with E-state index in [1.807, 2.05) is 13.8 Å². The third kappa shape index (κ3) is 7.50. The number of hydrogen-bond donors (Lipinski definition) is 1. The lowest BCUT2D eigenvalue weighted by molar-refractivity contribution is -0.318. The molecule has 1 atom stereocenters. The van der Waals surface area contributed by atoms with Gasteiger partial charge in [0.2, 0.25) is 0 Å². The van der Waals surface area contributed by atoms with Gasteiger partial charge in [-0.05, 0) is 26.7 Å². The molecular formula is C8H16O4. The molecule has 0 radical (unpaired) electrons. The highest BCUT2D eigenvalue weighted by molar-refractivity contribution is 5.66. The molecule has 0 aliphatic heterocycles. The van der Waals surface area contributed by atoms with E-state index in [4.69, 9.17) is 14.9 Å². The number of carboxylic acids is 1. The second-order valence-corrected chi connectivity index (χ2v) is 2.60. The van der Waals surface area contributed by atoms with E-state index in [0.29, 0.717) is 19.4 Å². The van der Waals surface area contributed by atoms with Crippen LogP contribution in [0.2, 0.25) is 0 Å². The first-order valence-electron chi connectivity index (χ1n) is 4.17. The molecule has 0 saturated heterocycles. The summed E-state index contributed by atoms with van der Waals surface area (Å²) in [6.45, 7) is 4.21. The Labute approximate surface area is 72.4 Å². The SMILES string of the molecule is CCOOC(C)CCCC(=O)O. The third-order valence-corrected chi connectivity index (χ3v) is 1.35. The van der Waals surface area contributed by atoms with E-state index in [1.165, 1.54) is 0 Å². The van der Waals surface area contributed by atoms with E-state index in [9.17, 15) is 4.79 Å². The number of hydrogen-bond acceptors (Lipinski definition) is 3.